The molecule has 0 bridgehead atoms. The molecule has 0 spiro atoms. The lowest BCUT2D eigenvalue weighted by Gasteiger charge is -2.31. The summed E-state index contributed by atoms with van der Waals surface area (Å²) in [5.74, 6) is 0.142. The van der Waals surface area contributed by atoms with Gasteiger partial charge < -0.3 is 4.57 Å². The Balaban J connectivity index is 2.78. The van der Waals surface area contributed by atoms with Crippen molar-refractivity contribution in [2.24, 2.45) is 0 Å². The summed E-state index contributed by atoms with van der Waals surface area (Å²) in [6.45, 7) is 4.96. The summed E-state index contributed by atoms with van der Waals surface area (Å²) < 4.78 is 14.9. The average Bonchev–Trinajstić information content (AvgIpc) is 2.59. The van der Waals surface area contributed by atoms with Gasteiger partial charge in [-0.25, -0.2) is 0 Å². The van der Waals surface area contributed by atoms with Crippen molar-refractivity contribution in [1.29, 1.82) is 0 Å². The van der Waals surface area contributed by atoms with Crippen LogP contribution in [0.25, 0.3) is 0 Å². The molecule has 1 heterocycles. The first-order valence-corrected chi connectivity index (χ1v) is 9.56. The monoisotopic (exact) mass is 273 g/mol. The van der Waals surface area contributed by atoms with E-state index in [9.17, 15) is 9.36 Å². The Morgan fingerprint density at radius 3 is 2.22 bits per heavy atom. The van der Waals surface area contributed by atoms with Gasteiger partial charge in [-0.05, 0) is 25.7 Å². The number of nitrogens with zero attached hydrogens (tertiary/aromatic N) is 1. The van der Waals surface area contributed by atoms with Crippen LogP contribution in [-0.4, -0.2) is 29.4 Å². The van der Waals surface area contributed by atoms with Gasteiger partial charge in [0.05, 0.1) is 0 Å². The minimum Gasteiger partial charge on any atom is -0.300 e. The maximum Gasteiger partial charge on any atom is 0.227 e. The molecule has 0 atom stereocenters. The van der Waals surface area contributed by atoms with Crippen molar-refractivity contribution in [2.75, 3.05) is 18.9 Å². The van der Waals surface area contributed by atoms with Gasteiger partial charge in [0.15, 0.2) is 7.29 Å². The van der Waals surface area contributed by atoms with Gasteiger partial charge in [0.25, 0.3) is 0 Å². The molecule has 18 heavy (non-hydrogen) atoms. The Morgan fingerprint density at radius 1 is 1.06 bits per heavy atom. The van der Waals surface area contributed by atoms with Gasteiger partial charge in [0.2, 0.25) is 5.91 Å². The fourth-order valence-corrected chi connectivity index (χ4v) is 5.86. The van der Waals surface area contributed by atoms with Crippen LogP contribution in [0.2, 0.25) is 0 Å². The van der Waals surface area contributed by atoms with Crippen molar-refractivity contribution in [3.05, 3.63) is 0 Å². The second kappa shape index (κ2) is 7.99. The molecule has 0 saturated carbocycles. The third kappa shape index (κ3) is 4.42. The fraction of sp³-hybridized carbons (Fsp3) is 0.929. The van der Waals surface area contributed by atoms with Gasteiger partial charge in [0.1, 0.15) is 0 Å². The van der Waals surface area contributed by atoms with Crippen molar-refractivity contribution < 1.29 is 9.36 Å². The summed E-state index contributed by atoms with van der Waals surface area (Å²) in [4.78, 5) is 12.1. The predicted molar refractivity (Wildman–Crippen MR) is 77.3 cm³/mol. The Morgan fingerprint density at radius 2 is 1.67 bits per heavy atom. The van der Waals surface area contributed by atoms with Crippen LogP contribution in [0.15, 0.2) is 0 Å². The third-order valence-electron chi connectivity index (χ3n) is 3.71. The molecule has 0 N–H and O–H groups in total. The van der Waals surface area contributed by atoms with E-state index in [0.717, 1.165) is 63.8 Å². The van der Waals surface area contributed by atoms with Crippen LogP contribution in [0.3, 0.4) is 0 Å². The van der Waals surface area contributed by atoms with Gasteiger partial charge in [-0.2, -0.15) is 0 Å². The van der Waals surface area contributed by atoms with E-state index in [0.29, 0.717) is 6.42 Å². The first-order valence-electron chi connectivity index (χ1n) is 7.53. The van der Waals surface area contributed by atoms with Crippen molar-refractivity contribution in [3.8, 4) is 0 Å². The summed E-state index contributed by atoms with van der Waals surface area (Å²) in [7, 11) is -2.43. The second-order valence-electron chi connectivity index (χ2n) is 5.33. The summed E-state index contributed by atoms with van der Waals surface area (Å²) in [5, 5.41) is 0. The number of hydrogen-bond donors (Lipinski definition) is 0. The molecule has 106 valence electrons. The number of amides is 1. The van der Waals surface area contributed by atoms with E-state index in [1.54, 1.807) is 4.67 Å². The summed E-state index contributed by atoms with van der Waals surface area (Å²) in [6.07, 6.45) is 9.22. The standard InChI is InChI=1S/C14H28NO2P/c1-3-5-12-18(17,13-6-4-2)15-11-9-7-8-10-14(15)16/h3-13H2,1-2H3. The highest BCUT2D eigenvalue weighted by molar-refractivity contribution is 7.62. The van der Waals surface area contributed by atoms with E-state index in [2.05, 4.69) is 13.8 Å². The second-order valence-corrected chi connectivity index (χ2v) is 8.40. The fourth-order valence-electron chi connectivity index (χ4n) is 2.52. The molecule has 1 amide bonds. The quantitative estimate of drug-likeness (QED) is 0.650. The Hall–Kier alpha value is -0.300. The maximum absolute atomic E-state index is 13.2. The van der Waals surface area contributed by atoms with Crippen LogP contribution in [0.1, 0.15) is 65.2 Å². The molecule has 0 radical (unpaired) electrons. The Kier molecular flexibility index (Phi) is 6.99. The molecular formula is C14H28NO2P. The van der Waals surface area contributed by atoms with Crippen LogP contribution in [-0.2, 0) is 9.36 Å². The zero-order valence-corrected chi connectivity index (χ0v) is 12.9. The molecule has 1 fully saturated rings. The topological polar surface area (TPSA) is 37.4 Å². The van der Waals surface area contributed by atoms with Crippen molar-refractivity contribution in [1.82, 2.24) is 4.67 Å². The summed E-state index contributed by atoms with van der Waals surface area (Å²) in [5.41, 5.74) is 0. The first-order chi connectivity index (χ1) is 8.64. The molecule has 0 aromatic heterocycles. The SMILES string of the molecule is CCCCP(=O)(CCCC)N1CCCCCC1=O. The van der Waals surface area contributed by atoms with Crippen LogP contribution >= 0.6 is 7.29 Å². The van der Waals surface area contributed by atoms with Crippen LogP contribution in [0.5, 0.6) is 0 Å². The highest BCUT2D eigenvalue weighted by Crippen LogP contribution is 2.52. The highest BCUT2D eigenvalue weighted by atomic mass is 31.2. The lowest BCUT2D eigenvalue weighted by atomic mass is 10.2. The normalized spacial score (nSPS) is 17.9. The smallest absolute Gasteiger partial charge is 0.227 e. The van der Waals surface area contributed by atoms with Gasteiger partial charge in [-0.1, -0.05) is 33.1 Å². The first kappa shape index (κ1) is 15.8. The highest BCUT2D eigenvalue weighted by Gasteiger charge is 2.33. The Bertz CT molecular complexity index is 292. The predicted octanol–water partition coefficient (Wildman–Crippen LogP) is 4.27. The van der Waals surface area contributed by atoms with Crippen molar-refractivity contribution in [3.63, 3.8) is 0 Å². The average molecular weight is 273 g/mol. The lowest BCUT2D eigenvalue weighted by Crippen LogP contribution is -2.29. The summed E-state index contributed by atoms with van der Waals surface area (Å²) in [6, 6.07) is 0. The van der Waals surface area contributed by atoms with Crippen molar-refractivity contribution in [2.45, 2.75) is 65.2 Å². The molecule has 0 aromatic rings. The minimum absolute atomic E-state index is 0.142. The molecule has 1 aliphatic heterocycles. The van der Waals surface area contributed by atoms with E-state index in [4.69, 9.17) is 0 Å². The molecule has 4 heteroatoms. The summed E-state index contributed by atoms with van der Waals surface area (Å²) >= 11 is 0. The number of unbranched alkanes of at least 4 members (excludes halogenated alkanes) is 2. The number of rotatable bonds is 7. The lowest BCUT2D eigenvalue weighted by molar-refractivity contribution is -0.126. The largest absolute Gasteiger partial charge is 0.300 e. The number of carbonyl (C=O) groups excluding carboxylic acids is 1. The molecule has 3 nitrogen and oxygen atoms in total. The number of carbonyl (C=O) groups is 1. The Labute approximate surface area is 112 Å². The van der Waals surface area contributed by atoms with Gasteiger partial charge >= 0.3 is 0 Å². The molecule has 0 aliphatic carbocycles. The zero-order valence-electron chi connectivity index (χ0n) is 12.0. The van der Waals surface area contributed by atoms with Gasteiger partial charge in [-0.3, -0.25) is 9.46 Å². The third-order valence-corrected chi connectivity index (χ3v) is 7.04. The van der Waals surface area contributed by atoms with Gasteiger partial charge in [-0.15, -0.1) is 0 Å². The minimum atomic E-state index is -2.43. The van der Waals surface area contributed by atoms with Crippen LogP contribution in [0.4, 0.5) is 0 Å². The molecule has 1 aliphatic rings. The molecular weight excluding hydrogens is 245 g/mol. The van der Waals surface area contributed by atoms with Crippen LogP contribution in [0, 0.1) is 0 Å². The van der Waals surface area contributed by atoms with Crippen molar-refractivity contribution >= 4 is 13.2 Å². The van der Waals surface area contributed by atoms with E-state index < -0.39 is 7.29 Å². The van der Waals surface area contributed by atoms with E-state index in [-0.39, 0.29) is 5.91 Å². The van der Waals surface area contributed by atoms with E-state index in [1.807, 2.05) is 0 Å². The molecule has 0 unspecified atom stereocenters. The number of hydrogen-bond acceptors (Lipinski definition) is 2. The molecule has 0 aromatic carbocycles. The molecule has 1 saturated heterocycles. The van der Waals surface area contributed by atoms with Crippen LogP contribution < -0.4 is 0 Å². The zero-order chi connectivity index (χ0) is 13.4. The maximum atomic E-state index is 13.2. The van der Waals surface area contributed by atoms with E-state index >= 15 is 0 Å². The van der Waals surface area contributed by atoms with Gasteiger partial charge in [0, 0.05) is 25.3 Å². The van der Waals surface area contributed by atoms with E-state index in [1.165, 1.54) is 0 Å². The molecule has 1 rings (SSSR count).